The lowest BCUT2D eigenvalue weighted by Gasteiger charge is -2.12. The molecule has 1 amide bonds. The Labute approximate surface area is 136 Å². The second-order valence-corrected chi connectivity index (χ2v) is 6.62. The van der Waals surface area contributed by atoms with Crippen molar-refractivity contribution in [2.75, 3.05) is 6.54 Å². The number of amides is 1. The van der Waals surface area contributed by atoms with Gasteiger partial charge in [0.1, 0.15) is 11.6 Å². The van der Waals surface area contributed by atoms with Crippen LogP contribution in [-0.4, -0.2) is 17.4 Å². The number of hydrogen-bond donors (Lipinski definition) is 1. The largest absolute Gasteiger partial charge is 0.445 e. The van der Waals surface area contributed by atoms with Gasteiger partial charge in [-0.25, -0.2) is 9.37 Å². The zero-order chi connectivity index (χ0) is 17.0. The molecule has 0 radical (unpaired) electrons. The normalized spacial score (nSPS) is 11.5. The summed E-state index contributed by atoms with van der Waals surface area (Å²) in [7, 11) is 0. The number of rotatable bonds is 5. The Hall–Kier alpha value is -2.17. The third-order valence-electron chi connectivity index (χ3n) is 3.52. The van der Waals surface area contributed by atoms with E-state index in [0.717, 1.165) is 17.3 Å². The van der Waals surface area contributed by atoms with Crippen LogP contribution in [0.4, 0.5) is 4.39 Å². The van der Waals surface area contributed by atoms with Gasteiger partial charge in [0, 0.05) is 18.4 Å². The minimum absolute atomic E-state index is 0.0679. The van der Waals surface area contributed by atoms with Crippen LogP contribution in [-0.2, 0) is 11.8 Å². The molecule has 1 aromatic heterocycles. The number of aromatic nitrogens is 1. The first kappa shape index (κ1) is 17.2. The molecule has 2 rings (SSSR count). The first-order valence-electron chi connectivity index (χ1n) is 7.78. The number of nitrogens with zero attached hydrogens (tertiary/aromatic N) is 1. The SMILES string of the molecule is Cc1nc(C(C)(C)C)oc1CCCNC(=O)c1ccccc1F. The number of aryl methyl sites for hydroxylation is 2. The van der Waals surface area contributed by atoms with E-state index < -0.39 is 11.7 Å². The van der Waals surface area contributed by atoms with Gasteiger partial charge in [-0.05, 0) is 25.5 Å². The van der Waals surface area contributed by atoms with Gasteiger partial charge >= 0.3 is 0 Å². The minimum atomic E-state index is -0.508. The van der Waals surface area contributed by atoms with Crippen molar-refractivity contribution >= 4 is 5.91 Å². The summed E-state index contributed by atoms with van der Waals surface area (Å²) in [6.45, 7) is 8.54. The van der Waals surface area contributed by atoms with E-state index in [1.54, 1.807) is 12.1 Å². The van der Waals surface area contributed by atoms with E-state index in [0.29, 0.717) is 19.4 Å². The fourth-order valence-electron chi connectivity index (χ4n) is 2.17. The van der Waals surface area contributed by atoms with Crippen molar-refractivity contribution in [3.05, 3.63) is 53.0 Å². The van der Waals surface area contributed by atoms with Crippen molar-refractivity contribution in [1.82, 2.24) is 10.3 Å². The third-order valence-corrected chi connectivity index (χ3v) is 3.52. The minimum Gasteiger partial charge on any atom is -0.445 e. The van der Waals surface area contributed by atoms with Crippen LogP contribution in [0, 0.1) is 12.7 Å². The van der Waals surface area contributed by atoms with Crippen LogP contribution in [0.1, 0.15) is 54.9 Å². The number of carbonyl (C=O) groups excluding carboxylic acids is 1. The molecular formula is C18H23FN2O2. The van der Waals surface area contributed by atoms with Gasteiger partial charge in [0.25, 0.3) is 5.91 Å². The summed E-state index contributed by atoms with van der Waals surface area (Å²) in [4.78, 5) is 16.3. The molecule has 0 aliphatic rings. The molecule has 0 spiro atoms. The summed E-state index contributed by atoms with van der Waals surface area (Å²) in [6.07, 6.45) is 1.40. The lowest BCUT2D eigenvalue weighted by Crippen LogP contribution is -2.25. The summed E-state index contributed by atoms with van der Waals surface area (Å²) in [5.74, 6) is 0.661. The molecule has 0 fully saturated rings. The molecule has 1 heterocycles. The predicted molar refractivity (Wildman–Crippen MR) is 87.0 cm³/mol. The van der Waals surface area contributed by atoms with Crippen LogP contribution < -0.4 is 5.32 Å². The molecule has 1 aromatic carbocycles. The zero-order valence-corrected chi connectivity index (χ0v) is 14.1. The number of carbonyl (C=O) groups is 1. The average molecular weight is 318 g/mol. The molecule has 2 aromatic rings. The maximum atomic E-state index is 13.5. The summed E-state index contributed by atoms with van der Waals surface area (Å²) < 4.78 is 19.3. The zero-order valence-electron chi connectivity index (χ0n) is 14.1. The Kier molecular flexibility index (Phi) is 5.19. The molecule has 0 saturated carbocycles. The highest BCUT2D eigenvalue weighted by molar-refractivity contribution is 5.94. The average Bonchev–Trinajstić information content (AvgIpc) is 2.85. The lowest BCUT2D eigenvalue weighted by molar-refractivity contribution is 0.0949. The Morgan fingerprint density at radius 1 is 1.30 bits per heavy atom. The molecule has 0 atom stereocenters. The second kappa shape index (κ2) is 6.94. The van der Waals surface area contributed by atoms with Gasteiger partial charge < -0.3 is 9.73 Å². The number of benzene rings is 1. The topological polar surface area (TPSA) is 55.1 Å². The molecular weight excluding hydrogens is 295 g/mol. The standard InChI is InChI=1S/C18H23FN2O2/c1-12-15(23-17(21-12)18(2,3)4)10-7-11-20-16(22)13-8-5-6-9-14(13)19/h5-6,8-9H,7,10-11H2,1-4H3,(H,20,22). The number of hydrogen-bond acceptors (Lipinski definition) is 3. The van der Waals surface area contributed by atoms with Gasteiger partial charge in [-0.2, -0.15) is 0 Å². The quantitative estimate of drug-likeness (QED) is 0.854. The van der Waals surface area contributed by atoms with Crippen LogP contribution >= 0.6 is 0 Å². The third kappa shape index (κ3) is 4.41. The van der Waals surface area contributed by atoms with E-state index in [9.17, 15) is 9.18 Å². The summed E-state index contributed by atoms with van der Waals surface area (Å²) in [6, 6.07) is 5.96. The smallest absolute Gasteiger partial charge is 0.254 e. The van der Waals surface area contributed by atoms with Gasteiger partial charge in [-0.15, -0.1) is 0 Å². The Morgan fingerprint density at radius 3 is 2.61 bits per heavy atom. The van der Waals surface area contributed by atoms with Crippen LogP contribution in [0.15, 0.2) is 28.7 Å². The fourth-order valence-corrected chi connectivity index (χ4v) is 2.17. The highest BCUT2D eigenvalue weighted by Crippen LogP contribution is 2.24. The highest BCUT2D eigenvalue weighted by Gasteiger charge is 2.22. The molecule has 5 heteroatoms. The molecule has 0 saturated heterocycles. The summed E-state index contributed by atoms with van der Waals surface area (Å²) in [5, 5.41) is 2.73. The number of oxazole rings is 1. The van der Waals surface area contributed by atoms with Gasteiger partial charge in [-0.3, -0.25) is 4.79 Å². The maximum absolute atomic E-state index is 13.5. The van der Waals surface area contributed by atoms with Gasteiger partial charge in [0.15, 0.2) is 5.89 Å². The van der Waals surface area contributed by atoms with Crippen molar-refractivity contribution in [3.63, 3.8) is 0 Å². The molecule has 0 aliphatic heterocycles. The number of nitrogens with one attached hydrogen (secondary N) is 1. The van der Waals surface area contributed by atoms with Gasteiger partial charge in [-0.1, -0.05) is 32.9 Å². The first-order valence-corrected chi connectivity index (χ1v) is 7.78. The highest BCUT2D eigenvalue weighted by atomic mass is 19.1. The lowest BCUT2D eigenvalue weighted by atomic mass is 9.97. The van der Waals surface area contributed by atoms with Crippen molar-refractivity contribution in [1.29, 1.82) is 0 Å². The van der Waals surface area contributed by atoms with E-state index in [4.69, 9.17) is 4.42 Å². The Bertz CT molecular complexity index is 687. The van der Waals surface area contributed by atoms with Crippen molar-refractivity contribution < 1.29 is 13.6 Å². The van der Waals surface area contributed by atoms with E-state index in [1.165, 1.54) is 12.1 Å². The molecule has 124 valence electrons. The summed E-state index contributed by atoms with van der Waals surface area (Å²) in [5.41, 5.74) is 0.830. The van der Waals surface area contributed by atoms with Gasteiger partial charge in [0.05, 0.1) is 11.3 Å². The molecule has 0 aliphatic carbocycles. The first-order chi connectivity index (χ1) is 10.8. The van der Waals surface area contributed by atoms with E-state index in [2.05, 4.69) is 31.1 Å². The fraction of sp³-hybridized carbons (Fsp3) is 0.444. The van der Waals surface area contributed by atoms with Gasteiger partial charge in [0.2, 0.25) is 0 Å². The van der Waals surface area contributed by atoms with Crippen LogP contribution in [0.2, 0.25) is 0 Å². The van der Waals surface area contributed by atoms with Crippen LogP contribution in [0.5, 0.6) is 0 Å². The van der Waals surface area contributed by atoms with Crippen molar-refractivity contribution in [3.8, 4) is 0 Å². The summed E-state index contributed by atoms with van der Waals surface area (Å²) >= 11 is 0. The second-order valence-electron chi connectivity index (χ2n) is 6.62. The Balaban J connectivity index is 1.85. The van der Waals surface area contributed by atoms with Crippen molar-refractivity contribution in [2.24, 2.45) is 0 Å². The molecule has 4 nitrogen and oxygen atoms in total. The molecule has 0 bridgehead atoms. The van der Waals surface area contributed by atoms with E-state index >= 15 is 0 Å². The maximum Gasteiger partial charge on any atom is 0.254 e. The molecule has 23 heavy (non-hydrogen) atoms. The van der Waals surface area contributed by atoms with E-state index in [-0.39, 0.29) is 11.0 Å². The van der Waals surface area contributed by atoms with Crippen LogP contribution in [0.3, 0.4) is 0 Å². The molecule has 0 unspecified atom stereocenters. The Morgan fingerprint density at radius 2 is 2.00 bits per heavy atom. The monoisotopic (exact) mass is 318 g/mol. The number of halogens is 1. The van der Waals surface area contributed by atoms with E-state index in [1.807, 2.05) is 6.92 Å². The molecule has 1 N–H and O–H groups in total. The van der Waals surface area contributed by atoms with Crippen LogP contribution in [0.25, 0.3) is 0 Å². The van der Waals surface area contributed by atoms with Crippen molar-refractivity contribution in [2.45, 2.75) is 46.0 Å². The predicted octanol–water partition coefficient (Wildman–Crippen LogP) is 3.78.